The molecule has 0 spiro atoms. The molecule has 3 aliphatic rings. The highest BCUT2D eigenvalue weighted by Gasteiger charge is 2.37. The summed E-state index contributed by atoms with van der Waals surface area (Å²) in [4.78, 5) is 25.9. The lowest BCUT2D eigenvalue weighted by Gasteiger charge is -2.32. The number of fused-ring (bicyclic) bond motifs is 1. The van der Waals surface area contributed by atoms with Gasteiger partial charge in [-0.3, -0.25) is 4.79 Å². The van der Waals surface area contributed by atoms with E-state index >= 15 is 8.78 Å². The summed E-state index contributed by atoms with van der Waals surface area (Å²) in [5, 5.41) is 12.5. The molecule has 1 aliphatic carbocycles. The number of aromatic nitrogens is 1. The standard InChI is InChI=1S/C21H23F2N3O3/c22-15-8-13-18(26(12-3-4-12)10-14(20(13)27)21(28)29)17(23)19(15)25-7-1-2-16(25)11-5-6-24-9-11/h8,10-12,16,24H,1-7,9H2,(H,28,29). The van der Waals surface area contributed by atoms with E-state index in [1.807, 2.05) is 4.90 Å². The molecule has 1 aromatic carbocycles. The molecule has 0 amide bonds. The van der Waals surface area contributed by atoms with Crippen molar-refractivity contribution >= 4 is 22.6 Å². The topological polar surface area (TPSA) is 74.6 Å². The summed E-state index contributed by atoms with van der Waals surface area (Å²) in [6.07, 6.45) is 5.51. The van der Waals surface area contributed by atoms with Gasteiger partial charge < -0.3 is 19.9 Å². The second kappa shape index (κ2) is 6.79. The largest absolute Gasteiger partial charge is 0.477 e. The minimum atomic E-state index is -1.38. The zero-order valence-electron chi connectivity index (χ0n) is 16.0. The van der Waals surface area contributed by atoms with E-state index in [1.54, 1.807) is 0 Å². The smallest absolute Gasteiger partial charge is 0.341 e. The Balaban J connectivity index is 1.71. The fourth-order valence-electron chi connectivity index (χ4n) is 5.05. The molecule has 3 heterocycles. The van der Waals surface area contributed by atoms with Crippen molar-refractivity contribution in [3.8, 4) is 0 Å². The summed E-state index contributed by atoms with van der Waals surface area (Å²) in [6.45, 7) is 2.32. The van der Waals surface area contributed by atoms with Gasteiger partial charge in [-0.15, -0.1) is 0 Å². The molecule has 2 saturated heterocycles. The third kappa shape index (κ3) is 2.92. The minimum absolute atomic E-state index is 0.0223. The lowest BCUT2D eigenvalue weighted by Crippen LogP contribution is -2.38. The maximum atomic E-state index is 15.8. The Morgan fingerprint density at radius 3 is 2.66 bits per heavy atom. The molecule has 0 radical (unpaired) electrons. The summed E-state index contributed by atoms with van der Waals surface area (Å²) < 4.78 is 32.5. The van der Waals surface area contributed by atoms with Crippen LogP contribution in [-0.2, 0) is 0 Å². The zero-order valence-corrected chi connectivity index (χ0v) is 16.0. The summed E-state index contributed by atoms with van der Waals surface area (Å²) in [5.74, 6) is -2.59. The van der Waals surface area contributed by atoms with Crippen molar-refractivity contribution in [2.75, 3.05) is 24.5 Å². The van der Waals surface area contributed by atoms with Crippen LogP contribution in [0.2, 0.25) is 0 Å². The number of carboxylic acids is 1. The monoisotopic (exact) mass is 403 g/mol. The molecular weight excluding hydrogens is 380 g/mol. The minimum Gasteiger partial charge on any atom is -0.477 e. The quantitative estimate of drug-likeness (QED) is 0.821. The van der Waals surface area contributed by atoms with E-state index in [1.165, 1.54) is 10.8 Å². The number of aromatic carboxylic acids is 1. The number of nitrogens with zero attached hydrogens (tertiary/aromatic N) is 2. The lowest BCUT2D eigenvalue weighted by molar-refractivity contribution is 0.0695. The number of pyridine rings is 1. The number of carboxylic acid groups (broad SMARTS) is 1. The summed E-state index contributed by atoms with van der Waals surface area (Å²) >= 11 is 0. The zero-order chi connectivity index (χ0) is 20.3. The SMILES string of the molecule is O=C(O)c1cn(C2CC2)c2c(F)c(N3CCCC3C3CCNC3)c(F)cc2c1=O. The van der Waals surface area contributed by atoms with Gasteiger partial charge in [-0.25, -0.2) is 13.6 Å². The van der Waals surface area contributed by atoms with E-state index in [2.05, 4.69) is 5.32 Å². The third-order valence-corrected chi connectivity index (χ3v) is 6.58. The predicted octanol–water partition coefficient (Wildman–Crippen LogP) is 2.89. The Kier molecular flexibility index (Phi) is 4.34. The molecule has 2 unspecified atom stereocenters. The fraction of sp³-hybridized carbons (Fsp3) is 0.524. The van der Waals surface area contributed by atoms with E-state index < -0.39 is 28.6 Å². The summed E-state index contributed by atoms with van der Waals surface area (Å²) in [5.41, 5.74) is -1.35. The van der Waals surface area contributed by atoms with Gasteiger partial charge in [0, 0.05) is 24.8 Å². The average molecular weight is 403 g/mol. The molecule has 154 valence electrons. The molecule has 1 aromatic heterocycles. The van der Waals surface area contributed by atoms with Crippen molar-refractivity contribution < 1.29 is 18.7 Å². The molecule has 2 aliphatic heterocycles. The number of hydrogen-bond acceptors (Lipinski definition) is 4. The van der Waals surface area contributed by atoms with Crippen LogP contribution in [0.25, 0.3) is 10.9 Å². The fourth-order valence-corrected chi connectivity index (χ4v) is 5.05. The Morgan fingerprint density at radius 2 is 2.00 bits per heavy atom. The first-order chi connectivity index (χ1) is 14.0. The Labute approximate surface area is 166 Å². The van der Waals surface area contributed by atoms with E-state index in [0.717, 1.165) is 51.3 Å². The highest BCUT2D eigenvalue weighted by Crippen LogP contribution is 2.41. The second-order valence-electron chi connectivity index (χ2n) is 8.39. The van der Waals surface area contributed by atoms with Crippen molar-refractivity contribution in [1.82, 2.24) is 9.88 Å². The number of halogens is 2. The van der Waals surface area contributed by atoms with Crippen LogP contribution in [0.1, 0.15) is 48.5 Å². The first-order valence-corrected chi connectivity index (χ1v) is 10.2. The first-order valence-electron chi connectivity index (χ1n) is 10.2. The van der Waals surface area contributed by atoms with Gasteiger partial charge in [0.25, 0.3) is 0 Å². The van der Waals surface area contributed by atoms with Crippen LogP contribution in [0, 0.1) is 17.6 Å². The van der Waals surface area contributed by atoms with E-state index in [9.17, 15) is 14.7 Å². The molecule has 5 rings (SSSR count). The number of hydrogen-bond donors (Lipinski definition) is 2. The van der Waals surface area contributed by atoms with Crippen LogP contribution < -0.4 is 15.6 Å². The predicted molar refractivity (Wildman–Crippen MR) is 105 cm³/mol. The highest BCUT2D eigenvalue weighted by atomic mass is 19.1. The van der Waals surface area contributed by atoms with Crippen LogP contribution in [0.4, 0.5) is 14.5 Å². The second-order valence-corrected chi connectivity index (χ2v) is 8.39. The summed E-state index contributed by atoms with van der Waals surface area (Å²) in [6, 6.07) is 1.03. The van der Waals surface area contributed by atoms with Crippen molar-refractivity contribution in [1.29, 1.82) is 0 Å². The molecule has 0 bridgehead atoms. The van der Waals surface area contributed by atoms with Gasteiger partial charge in [-0.1, -0.05) is 0 Å². The molecule has 2 atom stereocenters. The van der Waals surface area contributed by atoms with Crippen molar-refractivity contribution in [3.63, 3.8) is 0 Å². The lowest BCUT2D eigenvalue weighted by atomic mass is 9.96. The maximum absolute atomic E-state index is 15.8. The van der Waals surface area contributed by atoms with Gasteiger partial charge in [0.15, 0.2) is 5.82 Å². The number of nitrogens with one attached hydrogen (secondary N) is 1. The van der Waals surface area contributed by atoms with Crippen LogP contribution in [0.5, 0.6) is 0 Å². The molecule has 2 aromatic rings. The number of anilines is 1. The maximum Gasteiger partial charge on any atom is 0.341 e. The molecule has 29 heavy (non-hydrogen) atoms. The Hall–Kier alpha value is -2.48. The number of benzene rings is 1. The first kappa shape index (κ1) is 18.5. The van der Waals surface area contributed by atoms with E-state index in [4.69, 9.17) is 0 Å². The van der Waals surface area contributed by atoms with Crippen molar-refractivity contribution in [2.24, 2.45) is 5.92 Å². The average Bonchev–Trinajstić information content (AvgIpc) is 3.17. The molecule has 2 N–H and O–H groups in total. The van der Waals surface area contributed by atoms with Gasteiger partial charge in [0.2, 0.25) is 5.43 Å². The van der Waals surface area contributed by atoms with E-state index in [-0.39, 0.29) is 28.7 Å². The normalized spacial score (nSPS) is 24.6. The molecule has 6 nitrogen and oxygen atoms in total. The molecule has 8 heteroatoms. The Morgan fingerprint density at radius 1 is 1.21 bits per heavy atom. The van der Waals surface area contributed by atoms with Crippen molar-refractivity contribution in [2.45, 2.75) is 44.2 Å². The summed E-state index contributed by atoms with van der Waals surface area (Å²) in [7, 11) is 0. The molecule has 3 fully saturated rings. The van der Waals surface area contributed by atoms with Gasteiger partial charge in [-0.05, 0) is 57.2 Å². The number of carbonyl (C=O) groups is 1. The van der Waals surface area contributed by atoms with Gasteiger partial charge in [0.1, 0.15) is 17.1 Å². The van der Waals surface area contributed by atoms with Crippen molar-refractivity contribution in [3.05, 3.63) is 39.7 Å². The Bertz CT molecular complexity index is 1060. The van der Waals surface area contributed by atoms with Crippen LogP contribution in [0.15, 0.2) is 17.1 Å². The van der Waals surface area contributed by atoms with Crippen LogP contribution in [-0.4, -0.2) is 41.3 Å². The third-order valence-electron chi connectivity index (χ3n) is 6.58. The van der Waals surface area contributed by atoms with Gasteiger partial charge in [-0.2, -0.15) is 0 Å². The van der Waals surface area contributed by atoms with Gasteiger partial charge in [0.05, 0.1) is 10.9 Å². The highest BCUT2D eigenvalue weighted by molar-refractivity contribution is 5.94. The van der Waals surface area contributed by atoms with Crippen LogP contribution >= 0.6 is 0 Å². The number of rotatable bonds is 4. The molecular formula is C21H23F2N3O3. The molecule has 1 saturated carbocycles. The van der Waals surface area contributed by atoms with E-state index in [0.29, 0.717) is 12.5 Å². The van der Waals surface area contributed by atoms with Crippen LogP contribution in [0.3, 0.4) is 0 Å². The van der Waals surface area contributed by atoms with Gasteiger partial charge >= 0.3 is 5.97 Å².